The highest BCUT2D eigenvalue weighted by Crippen LogP contribution is 2.18. The summed E-state index contributed by atoms with van der Waals surface area (Å²) < 4.78 is 12.8. The number of nitrogens with one attached hydrogen (secondary N) is 2. The summed E-state index contributed by atoms with van der Waals surface area (Å²) in [6, 6.07) is 5.44. The van der Waals surface area contributed by atoms with Gasteiger partial charge in [-0.1, -0.05) is 30.4 Å². The maximum Gasteiger partial charge on any atom is 0.321 e. The molecule has 8 heteroatoms. The first-order valence-electron chi connectivity index (χ1n) is 6.86. The van der Waals surface area contributed by atoms with Crippen molar-refractivity contribution in [1.82, 2.24) is 15.5 Å². The molecule has 0 aliphatic rings. The number of aliphatic hydroxyl groups is 1. The van der Waals surface area contributed by atoms with Gasteiger partial charge in [0.2, 0.25) is 5.13 Å². The van der Waals surface area contributed by atoms with E-state index in [2.05, 4.69) is 20.8 Å². The SMILES string of the molecule is CCC(CO)NC(=O)Nc1nnc(Cc2ccc(F)cc2)s1. The lowest BCUT2D eigenvalue weighted by atomic mass is 10.2. The van der Waals surface area contributed by atoms with Gasteiger partial charge in [0.1, 0.15) is 10.8 Å². The second kappa shape index (κ2) is 7.81. The molecule has 6 nitrogen and oxygen atoms in total. The van der Waals surface area contributed by atoms with Crippen LogP contribution in [0.25, 0.3) is 0 Å². The predicted molar refractivity (Wildman–Crippen MR) is 82.4 cm³/mol. The first kappa shape index (κ1) is 16.3. The van der Waals surface area contributed by atoms with Gasteiger partial charge in [-0.25, -0.2) is 9.18 Å². The summed E-state index contributed by atoms with van der Waals surface area (Å²) in [5.41, 5.74) is 0.917. The van der Waals surface area contributed by atoms with Crippen molar-refractivity contribution in [3.8, 4) is 0 Å². The summed E-state index contributed by atoms with van der Waals surface area (Å²) in [4.78, 5) is 11.7. The maximum atomic E-state index is 12.8. The van der Waals surface area contributed by atoms with Crippen LogP contribution in [0.15, 0.2) is 24.3 Å². The molecule has 3 N–H and O–H groups in total. The Balaban J connectivity index is 1.91. The van der Waals surface area contributed by atoms with Crippen molar-refractivity contribution >= 4 is 22.5 Å². The highest BCUT2D eigenvalue weighted by Gasteiger charge is 2.12. The van der Waals surface area contributed by atoms with E-state index in [1.54, 1.807) is 12.1 Å². The van der Waals surface area contributed by atoms with Crippen LogP contribution in [0.4, 0.5) is 14.3 Å². The van der Waals surface area contributed by atoms with Crippen LogP contribution in [0.2, 0.25) is 0 Å². The van der Waals surface area contributed by atoms with Crippen molar-refractivity contribution in [1.29, 1.82) is 0 Å². The molecule has 118 valence electrons. The van der Waals surface area contributed by atoms with E-state index in [-0.39, 0.29) is 18.5 Å². The number of carbonyl (C=O) groups is 1. The number of nitrogens with zero attached hydrogens (tertiary/aromatic N) is 2. The fourth-order valence-electron chi connectivity index (χ4n) is 1.75. The minimum absolute atomic E-state index is 0.115. The highest BCUT2D eigenvalue weighted by molar-refractivity contribution is 7.15. The third-order valence-electron chi connectivity index (χ3n) is 3.00. The van der Waals surface area contributed by atoms with Gasteiger partial charge in [-0.3, -0.25) is 5.32 Å². The number of aromatic nitrogens is 2. The zero-order chi connectivity index (χ0) is 15.9. The molecule has 0 spiro atoms. The average Bonchev–Trinajstić information content (AvgIpc) is 2.94. The Bertz CT molecular complexity index is 614. The van der Waals surface area contributed by atoms with E-state index in [1.807, 2.05) is 6.92 Å². The molecule has 2 rings (SSSR count). The van der Waals surface area contributed by atoms with E-state index in [9.17, 15) is 9.18 Å². The zero-order valence-corrected chi connectivity index (χ0v) is 12.9. The average molecular weight is 324 g/mol. The molecular formula is C14H17FN4O2S. The molecule has 0 radical (unpaired) electrons. The summed E-state index contributed by atoms with van der Waals surface area (Å²) in [6.07, 6.45) is 1.16. The first-order valence-corrected chi connectivity index (χ1v) is 7.67. The van der Waals surface area contributed by atoms with Gasteiger partial charge in [0, 0.05) is 6.42 Å². The number of rotatable bonds is 6. The van der Waals surface area contributed by atoms with Crippen molar-refractivity contribution in [2.45, 2.75) is 25.8 Å². The number of hydrogen-bond donors (Lipinski definition) is 3. The van der Waals surface area contributed by atoms with E-state index in [0.29, 0.717) is 18.0 Å². The van der Waals surface area contributed by atoms with Crippen LogP contribution in [0, 0.1) is 5.82 Å². The van der Waals surface area contributed by atoms with Crippen LogP contribution in [0.3, 0.4) is 0 Å². The number of urea groups is 1. The van der Waals surface area contributed by atoms with E-state index in [0.717, 1.165) is 10.6 Å². The topological polar surface area (TPSA) is 87.1 Å². The number of benzene rings is 1. The molecule has 0 aliphatic heterocycles. The predicted octanol–water partition coefficient (Wildman–Crippen LogP) is 2.16. The van der Waals surface area contributed by atoms with Crippen LogP contribution in [0.5, 0.6) is 0 Å². The van der Waals surface area contributed by atoms with E-state index in [4.69, 9.17) is 5.11 Å². The van der Waals surface area contributed by atoms with E-state index < -0.39 is 6.03 Å². The van der Waals surface area contributed by atoms with Crippen molar-refractivity contribution in [2.24, 2.45) is 0 Å². The molecule has 0 bridgehead atoms. The van der Waals surface area contributed by atoms with Gasteiger partial charge in [-0.2, -0.15) is 0 Å². The quantitative estimate of drug-likeness (QED) is 0.760. The van der Waals surface area contributed by atoms with Crippen molar-refractivity contribution in [3.63, 3.8) is 0 Å². The number of hydrogen-bond acceptors (Lipinski definition) is 5. The molecule has 1 aromatic carbocycles. The second-order valence-corrected chi connectivity index (χ2v) is 5.75. The molecular weight excluding hydrogens is 307 g/mol. The van der Waals surface area contributed by atoms with Gasteiger partial charge in [0.15, 0.2) is 0 Å². The third-order valence-corrected chi connectivity index (χ3v) is 3.84. The van der Waals surface area contributed by atoms with Crippen molar-refractivity contribution in [3.05, 3.63) is 40.7 Å². The molecule has 1 unspecified atom stereocenters. The Kier molecular flexibility index (Phi) is 5.79. The monoisotopic (exact) mass is 324 g/mol. The van der Waals surface area contributed by atoms with E-state index >= 15 is 0 Å². The van der Waals surface area contributed by atoms with Gasteiger partial charge in [-0.15, -0.1) is 10.2 Å². The Morgan fingerprint density at radius 3 is 2.73 bits per heavy atom. The molecule has 1 heterocycles. The normalized spacial score (nSPS) is 12.0. The molecule has 1 aromatic heterocycles. The lowest BCUT2D eigenvalue weighted by molar-refractivity contribution is 0.222. The van der Waals surface area contributed by atoms with Gasteiger partial charge in [0.25, 0.3) is 0 Å². The fraction of sp³-hybridized carbons (Fsp3) is 0.357. The fourth-order valence-corrected chi connectivity index (χ4v) is 2.52. The maximum absolute atomic E-state index is 12.8. The highest BCUT2D eigenvalue weighted by atomic mass is 32.1. The minimum atomic E-state index is -0.426. The summed E-state index contributed by atoms with van der Waals surface area (Å²) in [7, 11) is 0. The molecule has 2 amide bonds. The lowest BCUT2D eigenvalue weighted by Gasteiger charge is -2.13. The largest absolute Gasteiger partial charge is 0.394 e. The molecule has 0 fully saturated rings. The van der Waals surface area contributed by atoms with Crippen LogP contribution >= 0.6 is 11.3 Å². The Hall–Kier alpha value is -2.06. The second-order valence-electron chi connectivity index (χ2n) is 4.69. The molecule has 22 heavy (non-hydrogen) atoms. The van der Waals surface area contributed by atoms with Crippen LogP contribution in [-0.2, 0) is 6.42 Å². The third kappa shape index (κ3) is 4.74. The van der Waals surface area contributed by atoms with Gasteiger partial charge < -0.3 is 10.4 Å². The number of aliphatic hydroxyl groups excluding tert-OH is 1. The standard InChI is InChI=1S/C14H17FN4O2S/c1-2-11(8-20)16-13(21)17-14-19-18-12(22-14)7-9-3-5-10(15)6-4-9/h3-6,11,20H,2,7-8H2,1H3,(H2,16,17,19,21). The molecule has 0 aliphatic carbocycles. The summed E-state index contributed by atoms with van der Waals surface area (Å²) in [5.74, 6) is -0.283. The van der Waals surface area contributed by atoms with Gasteiger partial charge in [-0.05, 0) is 24.1 Å². The summed E-state index contributed by atoms with van der Waals surface area (Å²) >= 11 is 1.25. The number of halogens is 1. The van der Waals surface area contributed by atoms with Crippen LogP contribution in [0.1, 0.15) is 23.9 Å². The van der Waals surface area contributed by atoms with Crippen LogP contribution in [-0.4, -0.2) is 34.0 Å². The Labute approximate surface area is 131 Å². The first-order chi connectivity index (χ1) is 10.6. The number of amides is 2. The Morgan fingerprint density at radius 2 is 2.09 bits per heavy atom. The molecule has 2 aromatic rings. The number of anilines is 1. The summed E-state index contributed by atoms with van der Waals surface area (Å²) in [6.45, 7) is 1.75. The Morgan fingerprint density at radius 1 is 1.36 bits per heavy atom. The summed E-state index contributed by atoms with van der Waals surface area (Å²) in [5, 5.41) is 23.2. The van der Waals surface area contributed by atoms with Crippen molar-refractivity contribution in [2.75, 3.05) is 11.9 Å². The molecule has 0 saturated carbocycles. The zero-order valence-electron chi connectivity index (χ0n) is 12.0. The van der Waals surface area contributed by atoms with Gasteiger partial charge >= 0.3 is 6.03 Å². The lowest BCUT2D eigenvalue weighted by Crippen LogP contribution is -2.39. The van der Waals surface area contributed by atoms with Crippen LogP contribution < -0.4 is 10.6 Å². The molecule has 0 saturated heterocycles. The smallest absolute Gasteiger partial charge is 0.321 e. The number of carbonyl (C=O) groups excluding carboxylic acids is 1. The minimum Gasteiger partial charge on any atom is -0.394 e. The van der Waals surface area contributed by atoms with E-state index in [1.165, 1.54) is 23.5 Å². The van der Waals surface area contributed by atoms with Gasteiger partial charge in [0.05, 0.1) is 12.6 Å². The molecule has 1 atom stereocenters. The van der Waals surface area contributed by atoms with Crippen molar-refractivity contribution < 1.29 is 14.3 Å².